The molecule has 42 heteroatoms. The minimum Gasteiger partial charge on any atom is -0.343 e. The standard InChI is InChI=1S/2C20H21F4N3O3S.C19H20N4O3.C19H19N3O3.C18H18N4O3/c1-6-11-25-20(30)18(28)16-12(2)17(27(4)13(16)3)19(29)26-14-7-9-15(10-8-14)31(5,21,22,23)24;1-6-10-25-20(30)18(28)16-12(2)17(27(4)13(16)3)19(29)26-14-8-7-9-15(11-14)31(5,21,22,23)24;1-6-9-20-19(26)17(24)15-12(3)16(23(5)13(15)4)18(25)22-14-8-7-11(2)21-10-14;1-5-11-20-19(25)17(23)15-12(2)16(22(4)13(15)3)18(24)21-14-9-7-6-8-10-14;1-5-8-20-18(25)16(23)14-11(2)15(22(4)12(14)3)17(24)21-13-7-6-9-19-10-13/h1,7-10H,11H2,2-5H3,(H,25,30)(H,26,29);1,7-9,11H,10H2,2-5H3,(H,25,30)(H,26,29);1,7-8,10H,9H2,2-5H3,(H,20,26)(H,22,25);1,6-10H,11H2,2-4H3,(H,20,25)(H,21,24);1,6-7,9-10H,8H2,2-4H3,(H,20,25)(H,21,24). The zero-order valence-electron chi connectivity index (χ0n) is 78.1. The van der Waals surface area contributed by atoms with Crippen LogP contribution < -0.4 is 53.2 Å². The van der Waals surface area contributed by atoms with Crippen LogP contribution in [0.3, 0.4) is 0 Å². The SMILES string of the molecule is C#CCNC(=O)C(=O)c1c(C)c(C(=O)Nc2ccc(C)nc2)n(C)c1C.C#CCNC(=O)C(=O)c1c(C)c(C(=O)Nc2ccc(S(C)(F)(F)(F)F)cc2)n(C)c1C.C#CCNC(=O)C(=O)c1c(C)c(C(=O)Nc2cccc(S(C)(F)(F)(F)F)c2)n(C)c1C.C#CCNC(=O)C(=O)c1c(C)c(C(=O)Nc2ccccc2)n(C)c1C.C#CCNC(=O)C(=O)c1c(C)c(C(=O)Nc2cccnc2)n(C)c1C. The van der Waals surface area contributed by atoms with E-state index in [9.17, 15) is 103 Å². The van der Waals surface area contributed by atoms with Gasteiger partial charge >= 0.3 is 0 Å². The highest BCUT2D eigenvalue weighted by atomic mass is 32.5. The van der Waals surface area contributed by atoms with Crippen molar-refractivity contribution in [2.24, 2.45) is 35.2 Å². The number of hydrogen-bond acceptors (Lipinski definition) is 17. The van der Waals surface area contributed by atoms with Gasteiger partial charge in [-0.1, -0.05) is 53.9 Å². The van der Waals surface area contributed by atoms with E-state index < -0.39 is 106 Å². The number of para-hydroxylation sites is 1. The number of carbonyl (C=O) groups excluding carboxylic acids is 15. The number of hydrogen-bond donors (Lipinski definition) is 10. The Balaban J connectivity index is 0.000000265. The lowest BCUT2D eigenvalue weighted by atomic mass is 10.0. The molecule has 10 aromatic rings. The third-order valence-electron chi connectivity index (χ3n) is 21.2. The second-order valence-corrected chi connectivity index (χ2v) is 38.0. The van der Waals surface area contributed by atoms with E-state index in [4.69, 9.17) is 32.1 Å². The fraction of sp³-hybridized carbons (Fsp3) is 0.240. The number of anilines is 5. The fourth-order valence-corrected chi connectivity index (χ4v) is 15.7. The van der Waals surface area contributed by atoms with E-state index >= 15 is 0 Å². The van der Waals surface area contributed by atoms with Crippen LogP contribution in [0, 0.1) is 138 Å². The zero-order valence-corrected chi connectivity index (χ0v) is 79.7. The number of benzene rings is 3. The molecule has 32 nitrogen and oxygen atoms in total. The summed E-state index contributed by atoms with van der Waals surface area (Å²) in [6, 6.07) is 22.1. The highest BCUT2D eigenvalue weighted by Crippen LogP contribution is 2.99. The zero-order chi connectivity index (χ0) is 104. The Kier molecular flexibility index (Phi) is 34.4. The van der Waals surface area contributed by atoms with Crippen LogP contribution in [-0.2, 0) is 59.2 Å². The van der Waals surface area contributed by atoms with E-state index in [0.717, 1.165) is 23.9 Å². The lowest BCUT2D eigenvalue weighted by Crippen LogP contribution is -2.31. The van der Waals surface area contributed by atoms with Gasteiger partial charge in [-0.2, -0.15) is 0 Å². The molecule has 10 rings (SSSR count). The third kappa shape index (κ3) is 26.9. The van der Waals surface area contributed by atoms with Crippen molar-refractivity contribution in [2.45, 2.75) is 86.0 Å². The molecular weight excluding hydrogens is 1850 g/mol. The average molecular weight is 1950 g/mol. The number of aromatic nitrogens is 7. The normalized spacial score (nSPS) is 11.6. The molecule has 3 aromatic carbocycles. The van der Waals surface area contributed by atoms with Gasteiger partial charge in [-0.3, -0.25) is 81.9 Å². The Morgan fingerprint density at radius 1 is 0.304 bits per heavy atom. The lowest BCUT2D eigenvalue weighted by molar-refractivity contribution is -0.117. The number of halogens is 8. The number of Topliss-reactive ketones (excluding diaryl/α,β-unsaturated/α-hetero) is 5. The summed E-state index contributed by atoms with van der Waals surface area (Å²) < 4.78 is 116. The van der Waals surface area contributed by atoms with E-state index in [1.54, 1.807) is 125 Å². The number of pyridine rings is 2. The van der Waals surface area contributed by atoms with Crippen LogP contribution in [0.5, 0.6) is 0 Å². The van der Waals surface area contributed by atoms with Gasteiger partial charge in [0.25, 0.3) is 88.0 Å². The summed E-state index contributed by atoms with van der Waals surface area (Å²) >= 11 is 0. The van der Waals surface area contributed by atoms with E-state index in [1.165, 1.54) is 63.2 Å². The molecule has 0 saturated carbocycles. The Hall–Kier alpha value is -16.7. The smallest absolute Gasteiger partial charge is 0.293 e. The molecule has 0 aliphatic heterocycles. The number of ketones is 5. The highest BCUT2D eigenvalue weighted by molar-refractivity contribution is 8.49. The van der Waals surface area contributed by atoms with Gasteiger partial charge in [0.15, 0.2) is 19.7 Å². The third-order valence-corrected chi connectivity index (χ3v) is 24.1. The van der Waals surface area contributed by atoms with Crippen LogP contribution in [0.1, 0.15) is 166 Å². The molecule has 10 N–H and O–H groups in total. The van der Waals surface area contributed by atoms with Crippen LogP contribution >= 0.6 is 19.7 Å². The number of nitrogens with one attached hydrogen (secondary N) is 10. The number of nitrogens with zero attached hydrogens (tertiary/aromatic N) is 7. The highest BCUT2D eigenvalue weighted by Gasteiger charge is 2.60. The van der Waals surface area contributed by atoms with Crippen molar-refractivity contribution in [2.75, 3.05) is 71.8 Å². The second-order valence-electron chi connectivity index (χ2n) is 31.1. The average Bonchev–Trinajstić information content (AvgIpc) is 1.35. The number of rotatable bonds is 27. The van der Waals surface area contributed by atoms with Crippen molar-refractivity contribution in [1.29, 1.82) is 0 Å². The molecule has 10 amide bonds. The number of terminal acetylenes is 5. The predicted octanol–water partition coefficient (Wildman–Crippen LogP) is 13.0. The van der Waals surface area contributed by atoms with Gasteiger partial charge in [-0.25, -0.2) is 0 Å². The molecule has 0 aliphatic carbocycles. The topological polar surface area (TPSA) is 427 Å². The van der Waals surface area contributed by atoms with Crippen LogP contribution in [0.4, 0.5) is 59.5 Å². The van der Waals surface area contributed by atoms with E-state index in [-0.39, 0.29) is 118 Å². The first-order valence-corrected chi connectivity index (χ1v) is 45.6. The first-order chi connectivity index (χ1) is 64.0. The first-order valence-electron chi connectivity index (χ1n) is 40.7. The summed E-state index contributed by atoms with van der Waals surface area (Å²) in [4.78, 5) is 190. The monoisotopic (exact) mass is 1950 g/mol. The van der Waals surface area contributed by atoms with Gasteiger partial charge in [0.2, 0.25) is 0 Å². The fourth-order valence-electron chi connectivity index (χ4n) is 14.0. The van der Waals surface area contributed by atoms with Gasteiger partial charge in [-0.05, 0) is 183 Å². The minimum absolute atomic E-state index is 0.00603. The molecular formula is C96H99F8N17O15S2. The lowest BCUT2D eigenvalue weighted by Gasteiger charge is -2.46. The molecule has 0 fully saturated rings. The van der Waals surface area contributed by atoms with Gasteiger partial charge in [0, 0.05) is 92.7 Å². The summed E-state index contributed by atoms with van der Waals surface area (Å²) in [5.74, 6) is 0.176. The van der Waals surface area contributed by atoms with Crippen molar-refractivity contribution in [1.82, 2.24) is 59.4 Å². The van der Waals surface area contributed by atoms with Crippen molar-refractivity contribution in [3.63, 3.8) is 0 Å². The molecule has 0 saturated heterocycles. The Bertz CT molecular complexity index is 6700. The molecule has 0 atom stereocenters. The van der Waals surface area contributed by atoms with Gasteiger partial charge in [0.1, 0.15) is 28.5 Å². The van der Waals surface area contributed by atoms with Crippen molar-refractivity contribution < 1.29 is 103 Å². The molecule has 0 aliphatic rings. The molecule has 7 heterocycles. The number of carbonyl (C=O) groups is 15. The van der Waals surface area contributed by atoms with Crippen LogP contribution in [0.2, 0.25) is 0 Å². The predicted molar refractivity (Wildman–Crippen MR) is 510 cm³/mol. The molecule has 0 radical (unpaired) electrons. The summed E-state index contributed by atoms with van der Waals surface area (Å²) in [6.45, 7) is 17.3. The Morgan fingerprint density at radius 2 is 0.551 bits per heavy atom. The van der Waals surface area contributed by atoms with Crippen molar-refractivity contribution >= 4 is 136 Å². The summed E-state index contributed by atoms with van der Waals surface area (Å²) in [6.07, 6.45) is 29.2. The maximum absolute atomic E-state index is 13.7. The number of aryl methyl sites for hydroxylation is 1. The van der Waals surface area contributed by atoms with Crippen LogP contribution in [-0.4, -0.2) is 166 Å². The van der Waals surface area contributed by atoms with Gasteiger partial charge in [-0.15, -0.1) is 63.2 Å². The van der Waals surface area contributed by atoms with Crippen LogP contribution in [0.15, 0.2) is 132 Å². The Labute approximate surface area is 789 Å². The maximum atomic E-state index is 13.7. The van der Waals surface area contributed by atoms with Crippen molar-refractivity contribution in [3.8, 4) is 61.7 Å². The summed E-state index contributed by atoms with van der Waals surface area (Å²) in [5.41, 5.74) is 7.73. The maximum Gasteiger partial charge on any atom is 0.293 e. The number of amides is 10. The van der Waals surface area contributed by atoms with E-state index in [2.05, 4.69) is 92.7 Å². The van der Waals surface area contributed by atoms with Gasteiger partial charge < -0.3 is 76.0 Å². The van der Waals surface area contributed by atoms with Gasteiger partial charge in [0.05, 0.1) is 107 Å². The summed E-state index contributed by atoms with van der Waals surface area (Å²) in [7, 11) is -8.79. The molecule has 7 aromatic heterocycles. The molecule has 0 bridgehead atoms. The van der Waals surface area contributed by atoms with Crippen LogP contribution in [0.25, 0.3) is 0 Å². The molecule has 0 spiro atoms. The largest absolute Gasteiger partial charge is 0.343 e. The van der Waals surface area contributed by atoms with E-state index in [0.29, 0.717) is 104 Å². The quantitative estimate of drug-likeness (QED) is 0.00989. The molecule has 0 unspecified atom stereocenters. The van der Waals surface area contributed by atoms with E-state index in [1.807, 2.05) is 25.1 Å². The van der Waals surface area contributed by atoms with Crippen molar-refractivity contribution in [3.05, 3.63) is 240 Å². The first kappa shape index (κ1) is 110. The summed E-state index contributed by atoms with van der Waals surface area (Å²) in [5, 5.41) is 24.5. The minimum atomic E-state index is -8.43. The second kappa shape index (κ2) is 43.1. The molecule has 726 valence electrons. The molecule has 138 heavy (non-hydrogen) atoms. The Morgan fingerprint density at radius 3 is 0.804 bits per heavy atom.